The van der Waals surface area contributed by atoms with E-state index in [2.05, 4.69) is 15.3 Å². The van der Waals surface area contributed by atoms with Gasteiger partial charge in [0.15, 0.2) is 6.61 Å². The smallest absolute Gasteiger partial charge is 0.278 e. The molecule has 8 nitrogen and oxygen atoms in total. The molecule has 1 aliphatic heterocycles. The van der Waals surface area contributed by atoms with E-state index in [1.807, 2.05) is 0 Å². The summed E-state index contributed by atoms with van der Waals surface area (Å²) in [4.78, 5) is 34.7. The fourth-order valence-corrected chi connectivity index (χ4v) is 3.06. The summed E-state index contributed by atoms with van der Waals surface area (Å²) in [5, 5.41) is 12.4. The minimum atomic E-state index is -2.97. The summed E-state index contributed by atoms with van der Waals surface area (Å²) in [6.45, 7) is 4.83. The van der Waals surface area contributed by atoms with Crippen LogP contribution in [0.3, 0.4) is 0 Å². The summed E-state index contributed by atoms with van der Waals surface area (Å²) < 4.78 is 31.1. The minimum Gasteiger partial charge on any atom is -0.471 e. The highest BCUT2D eigenvalue weighted by atomic mass is 19.3. The molecule has 2 amide bonds. The number of alkyl halides is 2. The summed E-state index contributed by atoms with van der Waals surface area (Å²) >= 11 is 0. The van der Waals surface area contributed by atoms with Gasteiger partial charge in [0.05, 0.1) is 6.54 Å². The lowest BCUT2D eigenvalue weighted by molar-refractivity contribution is -0.130. The van der Waals surface area contributed by atoms with Crippen molar-refractivity contribution in [3.05, 3.63) is 46.8 Å². The number of aromatic nitrogens is 2. The van der Waals surface area contributed by atoms with Gasteiger partial charge >= 0.3 is 0 Å². The van der Waals surface area contributed by atoms with E-state index >= 15 is 0 Å². The third-order valence-electron chi connectivity index (χ3n) is 4.63. The molecule has 2 aromatic rings. The Morgan fingerprint density at radius 1 is 1.32 bits per heavy atom. The van der Waals surface area contributed by atoms with Crippen molar-refractivity contribution in [1.82, 2.24) is 14.9 Å². The first kappa shape index (κ1) is 22.5. The summed E-state index contributed by atoms with van der Waals surface area (Å²) in [6, 6.07) is 3.30. The molecule has 0 unspecified atom stereocenters. The number of ether oxygens (including phenoxy) is 1. The third-order valence-corrected chi connectivity index (χ3v) is 4.63. The van der Waals surface area contributed by atoms with Gasteiger partial charge in [-0.1, -0.05) is 0 Å². The van der Waals surface area contributed by atoms with Crippen LogP contribution in [0.25, 0.3) is 0 Å². The number of amides is 2. The number of fused-ring (bicyclic) bond motifs is 1. The standard InChI is InChI=1S/C21H24F2N4O4/c1-12-7-13(8-25-17(12)31-11-21(4,22)23)9-27-10-15-14(18(27)28)5-6-24-16(15)26-19(29)20(2,3)30/h5-8,30H,9-11H2,1-4H3,(H,24,26,29). The molecule has 10 heteroatoms. The monoisotopic (exact) mass is 434 g/mol. The molecule has 2 N–H and O–H groups in total. The van der Waals surface area contributed by atoms with Crippen LogP contribution < -0.4 is 10.1 Å². The zero-order valence-corrected chi connectivity index (χ0v) is 17.7. The fourth-order valence-electron chi connectivity index (χ4n) is 3.06. The van der Waals surface area contributed by atoms with Crippen molar-refractivity contribution in [2.45, 2.75) is 52.3 Å². The maximum Gasteiger partial charge on any atom is 0.278 e. The molecule has 2 aromatic heterocycles. The number of halogens is 2. The van der Waals surface area contributed by atoms with Gasteiger partial charge < -0.3 is 20.1 Å². The van der Waals surface area contributed by atoms with Crippen LogP contribution in [0.4, 0.5) is 14.6 Å². The molecule has 0 bridgehead atoms. The van der Waals surface area contributed by atoms with Gasteiger partial charge in [-0.05, 0) is 38.5 Å². The lowest BCUT2D eigenvalue weighted by Gasteiger charge is -2.18. The van der Waals surface area contributed by atoms with Crippen molar-refractivity contribution in [1.29, 1.82) is 0 Å². The number of hydrogen-bond acceptors (Lipinski definition) is 6. The van der Waals surface area contributed by atoms with Gasteiger partial charge in [0, 0.05) is 42.6 Å². The van der Waals surface area contributed by atoms with Crippen LogP contribution in [0.1, 0.15) is 47.8 Å². The van der Waals surface area contributed by atoms with Crippen molar-refractivity contribution < 1.29 is 28.2 Å². The molecular formula is C21H24F2N4O4. The lowest BCUT2D eigenvalue weighted by Crippen LogP contribution is -2.37. The zero-order valence-electron chi connectivity index (χ0n) is 17.7. The van der Waals surface area contributed by atoms with Crippen molar-refractivity contribution in [2.24, 2.45) is 0 Å². The minimum absolute atomic E-state index is 0.113. The van der Waals surface area contributed by atoms with E-state index in [1.165, 1.54) is 26.2 Å². The average molecular weight is 434 g/mol. The predicted octanol–water partition coefficient (Wildman–Crippen LogP) is 2.68. The number of hydrogen-bond donors (Lipinski definition) is 2. The van der Waals surface area contributed by atoms with E-state index in [4.69, 9.17) is 4.74 Å². The molecule has 3 rings (SSSR count). The van der Waals surface area contributed by atoms with Crippen molar-refractivity contribution >= 4 is 17.6 Å². The summed E-state index contributed by atoms with van der Waals surface area (Å²) in [6.07, 6.45) is 2.89. The SMILES string of the molecule is Cc1cc(CN2Cc3c(ccnc3NC(=O)C(C)(C)O)C2=O)cnc1OCC(C)(F)F. The average Bonchev–Trinajstić information content (AvgIpc) is 2.96. The Labute approximate surface area is 178 Å². The Bertz CT molecular complexity index is 1020. The van der Waals surface area contributed by atoms with Gasteiger partial charge in [-0.15, -0.1) is 0 Å². The largest absolute Gasteiger partial charge is 0.471 e. The molecule has 0 saturated carbocycles. The number of rotatable bonds is 7. The van der Waals surface area contributed by atoms with Gasteiger partial charge in [-0.3, -0.25) is 9.59 Å². The van der Waals surface area contributed by atoms with Crippen LogP contribution >= 0.6 is 0 Å². The van der Waals surface area contributed by atoms with E-state index in [-0.39, 0.29) is 30.7 Å². The molecule has 0 spiro atoms. The quantitative estimate of drug-likeness (QED) is 0.694. The number of nitrogens with one attached hydrogen (secondary N) is 1. The Morgan fingerprint density at radius 3 is 2.65 bits per heavy atom. The Morgan fingerprint density at radius 2 is 2.03 bits per heavy atom. The van der Waals surface area contributed by atoms with Crippen LogP contribution in [0.2, 0.25) is 0 Å². The highest BCUT2D eigenvalue weighted by molar-refractivity contribution is 6.02. The van der Waals surface area contributed by atoms with Gasteiger partial charge in [-0.2, -0.15) is 0 Å². The number of pyridine rings is 2. The molecule has 166 valence electrons. The molecule has 3 heterocycles. The molecule has 0 aliphatic carbocycles. The van der Waals surface area contributed by atoms with Gasteiger partial charge in [0.2, 0.25) is 5.88 Å². The Balaban J connectivity index is 1.74. The summed E-state index contributed by atoms with van der Waals surface area (Å²) in [7, 11) is 0. The van der Waals surface area contributed by atoms with Gasteiger partial charge in [0.25, 0.3) is 17.7 Å². The lowest BCUT2D eigenvalue weighted by atomic mass is 10.1. The molecule has 0 aromatic carbocycles. The second-order valence-corrected chi connectivity index (χ2v) is 8.18. The first-order valence-corrected chi connectivity index (χ1v) is 9.62. The molecule has 0 radical (unpaired) electrons. The third kappa shape index (κ3) is 5.32. The van der Waals surface area contributed by atoms with E-state index < -0.39 is 24.0 Å². The van der Waals surface area contributed by atoms with Crippen LogP contribution in [0.5, 0.6) is 5.88 Å². The van der Waals surface area contributed by atoms with Crippen LogP contribution in [0.15, 0.2) is 24.5 Å². The maximum atomic E-state index is 13.0. The zero-order chi connectivity index (χ0) is 23.0. The molecular weight excluding hydrogens is 410 g/mol. The van der Waals surface area contributed by atoms with Gasteiger partial charge in [0.1, 0.15) is 11.4 Å². The molecule has 0 saturated heterocycles. The summed E-state index contributed by atoms with van der Waals surface area (Å²) in [5.41, 5.74) is 0.646. The van der Waals surface area contributed by atoms with E-state index in [0.29, 0.717) is 22.3 Å². The van der Waals surface area contributed by atoms with Crippen molar-refractivity contribution in [2.75, 3.05) is 11.9 Å². The van der Waals surface area contributed by atoms with Crippen LogP contribution in [-0.4, -0.2) is 49.9 Å². The summed E-state index contributed by atoms with van der Waals surface area (Å²) in [5.74, 6) is -3.50. The highest BCUT2D eigenvalue weighted by Crippen LogP contribution is 2.30. The van der Waals surface area contributed by atoms with Crippen molar-refractivity contribution in [3.63, 3.8) is 0 Å². The Kier molecular flexibility index (Phi) is 5.95. The highest BCUT2D eigenvalue weighted by Gasteiger charge is 2.32. The fraction of sp³-hybridized carbons (Fsp3) is 0.429. The molecule has 0 fully saturated rings. The van der Waals surface area contributed by atoms with Crippen molar-refractivity contribution in [3.8, 4) is 5.88 Å². The van der Waals surface area contributed by atoms with Gasteiger partial charge in [-0.25, -0.2) is 18.7 Å². The normalized spacial score (nSPS) is 13.9. The van der Waals surface area contributed by atoms with E-state index in [1.54, 1.807) is 24.0 Å². The maximum absolute atomic E-state index is 13.0. The molecule has 31 heavy (non-hydrogen) atoms. The first-order valence-electron chi connectivity index (χ1n) is 9.62. The van der Waals surface area contributed by atoms with Crippen LogP contribution in [-0.2, 0) is 17.9 Å². The molecule has 0 atom stereocenters. The number of anilines is 1. The number of carbonyl (C=O) groups excluding carboxylic acids is 2. The predicted molar refractivity (Wildman–Crippen MR) is 108 cm³/mol. The second kappa shape index (κ2) is 8.18. The number of nitrogens with zero attached hydrogens (tertiary/aromatic N) is 3. The second-order valence-electron chi connectivity index (χ2n) is 8.18. The first-order chi connectivity index (χ1) is 14.3. The Hall–Kier alpha value is -3.14. The number of aliphatic hydroxyl groups is 1. The van der Waals surface area contributed by atoms with E-state index in [9.17, 15) is 23.5 Å². The number of aryl methyl sites for hydroxylation is 1. The van der Waals surface area contributed by atoms with E-state index in [0.717, 1.165) is 6.92 Å². The number of carbonyl (C=O) groups is 2. The topological polar surface area (TPSA) is 105 Å². The molecule has 1 aliphatic rings. The van der Waals surface area contributed by atoms with Crippen LogP contribution in [0, 0.1) is 6.92 Å².